The van der Waals surface area contributed by atoms with Crippen LogP contribution in [0.2, 0.25) is 0 Å². The van der Waals surface area contributed by atoms with Gasteiger partial charge in [0.05, 0.1) is 0 Å². The van der Waals surface area contributed by atoms with Crippen LogP contribution in [0.3, 0.4) is 0 Å². The van der Waals surface area contributed by atoms with E-state index in [0.717, 1.165) is 18.8 Å². The third kappa shape index (κ3) is 3.03. The van der Waals surface area contributed by atoms with Gasteiger partial charge in [-0.15, -0.1) is 0 Å². The van der Waals surface area contributed by atoms with Crippen LogP contribution in [-0.4, -0.2) is 11.6 Å². The summed E-state index contributed by atoms with van der Waals surface area (Å²) in [7, 11) is -3.53. The number of hydrogen-bond donors (Lipinski definition) is 1. The number of benzene rings is 1. The third-order valence-corrected chi connectivity index (χ3v) is 1.64. The van der Waals surface area contributed by atoms with Crippen molar-refractivity contribution >= 4 is 7.60 Å². The molecule has 12 heavy (non-hydrogen) atoms. The molecule has 1 aromatic carbocycles. The highest BCUT2D eigenvalue weighted by Gasteiger charge is 2.10. The third-order valence-electron chi connectivity index (χ3n) is 1.09. The standard InChI is InChI=1S/C7H8FO3P/c1-12(9,10)11-7-4-2-6(8)3-5-7/h2-5H,1H3,(H,9,10). The average Bonchev–Trinajstić information content (AvgIpc) is 1.91. The van der Waals surface area contributed by atoms with Crippen LogP contribution in [0, 0.1) is 5.82 Å². The van der Waals surface area contributed by atoms with E-state index in [1.165, 1.54) is 12.1 Å². The van der Waals surface area contributed by atoms with Gasteiger partial charge in [0.15, 0.2) is 0 Å². The first kappa shape index (κ1) is 9.23. The lowest BCUT2D eigenvalue weighted by atomic mass is 10.3. The zero-order valence-electron chi connectivity index (χ0n) is 6.40. The lowest BCUT2D eigenvalue weighted by molar-refractivity contribution is 0.387. The molecule has 1 N–H and O–H groups in total. The molecular weight excluding hydrogens is 182 g/mol. The van der Waals surface area contributed by atoms with Crippen LogP contribution >= 0.6 is 7.60 Å². The summed E-state index contributed by atoms with van der Waals surface area (Å²) in [5, 5.41) is 0. The molecule has 0 fully saturated rings. The second-order valence-electron chi connectivity index (χ2n) is 2.35. The summed E-state index contributed by atoms with van der Waals surface area (Å²) >= 11 is 0. The minimum atomic E-state index is -3.53. The Morgan fingerprint density at radius 3 is 2.33 bits per heavy atom. The van der Waals surface area contributed by atoms with Crippen LogP contribution in [0.15, 0.2) is 24.3 Å². The second-order valence-corrected chi connectivity index (χ2v) is 4.14. The molecule has 66 valence electrons. The van der Waals surface area contributed by atoms with Gasteiger partial charge in [-0.05, 0) is 24.3 Å². The zero-order valence-corrected chi connectivity index (χ0v) is 7.29. The highest BCUT2D eigenvalue weighted by molar-refractivity contribution is 7.52. The van der Waals surface area contributed by atoms with Crippen LogP contribution < -0.4 is 4.52 Å². The fourth-order valence-corrected chi connectivity index (χ4v) is 1.20. The number of rotatable bonds is 2. The molecule has 0 aliphatic carbocycles. The van der Waals surface area contributed by atoms with Gasteiger partial charge in [-0.1, -0.05) is 0 Å². The van der Waals surface area contributed by atoms with Crippen LogP contribution in [-0.2, 0) is 4.57 Å². The van der Waals surface area contributed by atoms with Crippen molar-refractivity contribution in [3.8, 4) is 5.75 Å². The SMILES string of the molecule is CP(=O)(O)Oc1ccc(F)cc1. The molecule has 0 spiro atoms. The predicted molar refractivity (Wildman–Crippen MR) is 42.8 cm³/mol. The van der Waals surface area contributed by atoms with E-state index in [1.807, 2.05) is 0 Å². The van der Waals surface area contributed by atoms with Gasteiger partial charge < -0.3 is 9.42 Å². The molecule has 3 nitrogen and oxygen atoms in total. The molecule has 1 unspecified atom stereocenters. The molecule has 1 atom stereocenters. The van der Waals surface area contributed by atoms with Crippen LogP contribution in [0.4, 0.5) is 4.39 Å². The van der Waals surface area contributed by atoms with Crippen LogP contribution in [0.5, 0.6) is 5.75 Å². The smallest absolute Gasteiger partial charge is 0.373 e. The Hall–Kier alpha value is -0.860. The summed E-state index contributed by atoms with van der Waals surface area (Å²) in [6.45, 7) is 1.07. The van der Waals surface area contributed by atoms with E-state index in [9.17, 15) is 8.96 Å². The van der Waals surface area contributed by atoms with E-state index in [-0.39, 0.29) is 5.75 Å². The second kappa shape index (κ2) is 3.25. The molecule has 0 aliphatic heterocycles. The minimum Gasteiger partial charge on any atom is -0.425 e. The zero-order chi connectivity index (χ0) is 9.19. The molecule has 0 heterocycles. The van der Waals surface area contributed by atoms with Gasteiger partial charge in [-0.2, -0.15) is 0 Å². The van der Waals surface area contributed by atoms with E-state index in [0.29, 0.717) is 0 Å². The van der Waals surface area contributed by atoms with Gasteiger partial charge in [-0.3, -0.25) is 0 Å². The Kier molecular flexibility index (Phi) is 2.50. The van der Waals surface area contributed by atoms with Crippen LogP contribution in [0.1, 0.15) is 0 Å². The Bertz CT molecular complexity index is 303. The highest BCUT2D eigenvalue weighted by atomic mass is 31.2. The lowest BCUT2D eigenvalue weighted by Gasteiger charge is -2.07. The predicted octanol–water partition coefficient (Wildman–Crippen LogP) is 2.02. The van der Waals surface area contributed by atoms with Crippen molar-refractivity contribution in [3.05, 3.63) is 30.1 Å². The van der Waals surface area contributed by atoms with E-state index >= 15 is 0 Å². The summed E-state index contributed by atoms with van der Waals surface area (Å²) in [6, 6.07) is 4.90. The van der Waals surface area contributed by atoms with Gasteiger partial charge in [0.2, 0.25) is 0 Å². The van der Waals surface area contributed by atoms with E-state index < -0.39 is 13.4 Å². The van der Waals surface area contributed by atoms with E-state index in [2.05, 4.69) is 4.52 Å². The van der Waals surface area contributed by atoms with Gasteiger partial charge in [0, 0.05) is 6.66 Å². The Labute approximate surface area is 69.3 Å². The molecule has 0 amide bonds. The number of hydrogen-bond acceptors (Lipinski definition) is 2. The molecule has 1 rings (SSSR count). The largest absolute Gasteiger partial charge is 0.425 e. The van der Waals surface area contributed by atoms with Crippen molar-refractivity contribution in [3.63, 3.8) is 0 Å². The van der Waals surface area contributed by atoms with Gasteiger partial charge in [0.25, 0.3) is 0 Å². The summed E-state index contributed by atoms with van der Waals surface area (Å²) in [5.41, 5.74) is 0. The summed E-state index contributed by atoms with van der Waals surface area (Å²) in [5.74, 6) is -0.226. The monoisotopic (exact) mass is 190 g/mol. The molecule has 0 radical (unpaired) electrons. The number of halogens is 1. The maximum absolute atomic E-state index is 12.3. The van der Waals surface area contributed by atoms with Gasteiger partial charge >= 0.3 is 7.60 Å². The maximum atomic E-state index is 12.3. The Morgan fingerprint density at radius 2 is 1.92 bits per heavy atom. The molecule has 0 saturated heterocycles. The molecule has 0 saturated carbocycles. The average molecular weight is 190 g/mol. The first-order valence-corrected chi connectivity index (χ1v) is 5.25. The molecule has 5 heteroatoms. The summed E-state index contributed by atoms with van der Waals surface area (Å²) in [4.78, 5) is 8.78. The molecule has 0 aromatic heterocycles. The Balaban J connectivity index is 2.78. The van der Waals surface area contributed by atoms with E-state index in [1.54, 1.807) is 0 Å². The van der Waals surface area contributed by atoms with Crippen molar-refractivity contribution < 1.29 is 18.4 Å². The van der Waals surface area contributed by atoms with E-state index in [4.69, 9.17) is 4.89 Å². The highest BCUT2D eigenvalue weighted by Crippen LogP contribution is 2.37. The van der Waals surface area contributed by atoms with Crippen molar-refractivity contribution in [2.75, 3.05) is 6.66 Å². The van der Waals surface area contributed by atoms with Crippen LogP contribution in [0.25, 0.3) is 0 Å². The molecular formula is C7H8FO3P. The maximum Gasteiger partial charge on any atom is 0.373 e. The first-order valence-electron chi connectivity index (χ1n) is 3.23. The molecule has 0 bridgehead atoms. The van der Waals surface area contributed by atoms with Crippen molar-refractivity contribution in [2.45, 2.75) is 0 Å². The summed E-state index contributed by atoms with van der Waals surface area (Å²) < 4.78 is 27.6. The van der Waals surface area contributed by atoms with Gasteiger partial charge in [-0.25, -0.2) is 8.96 Å². The quantitative estimate of drug-likeness (QED) is 0.725. The summed E-state index contributed by atoms with van der Waals surface area (Å²) in [6.07, 6.45) is 0. The Morgan fingerprint density at radius 1 is 1.42 bits per heavy atom. The normalized spacial score (nSPS) is 15.2. The fraction of sp³-hybridized carbons (Fsp3) is 0.143. The molecule has 0 aliphatic rings. The van der Waals surface area contributed by atoms with Crippen molar-refractivity contribution in [1.29, 1.82) is 0 Å². The minimum absolute atomic E-state index is 0.185. The lowest BCUT2D eigenvalue weighted by Crippen LogP contribution is -1.88. The van der Waals surface area contributed by atoms with Crippen molar-refractivity contribution in [2.24, 2.45) is 0 Å². The fourth-order valence-electron chi connectivity index (χ4n) is 0.691. The van der Waals surface area contributed by atoms with Crippen molar-refractivity contribution in [1.82, 2.24) is 0 Å². The van der Waals surface area contributed by atoms with Gasteiger partial charge in [0.1, 0.15) is 11.6 Å². The molecule has 1 aromatic rings. The first-order chi connectivity index (χ1) is 5.47. The topological polar surface area (TPSA) is 46.5 Å².